The monoisotopic (exact) mass is 699 g/mol. The van der Waals surface area contributed by atoms with Crippen LogP contribution >= 0.6 is 22.6 Å². The molecule has 1 fully saturated rings. The van der Waals surface area contributed by atoms with E-state index >= 15 is 0 Å². The largest absolute Gasteiger partial charge is 0.444 e. The summed E-state index contributed by atoms with van der Waals surface area (Å²) in [4.78, 5) is 41.9. The lowest BCUT2D eigenvalue weighted by Crippen LogP contribution is -2.61. The highest BCUT2D eigenvalue weighted by Gasteiger charge is 2.41. The van der Waals surface area contributed by atoms with Crippen molar-refractivity contribution in [3.05, 3.63) is 57.7 Å². The number of benzene rings is 2. The van der Waals surface area contributed by atoms with Crippen molar-refractivity contribution in [1.82, 2.24) is 19.8 Å². The number of hydrogen-bond donors (Lipinski definition) is 2. The molecule has 2 N–H and O–H groups in total. The smallest absolute Gasteiger partial charge is 0.407 e. The Hall–Kier alpha value is -2.91. The topological polar surface area (TPSA) is 128 Å². The number of halogens is 1. The van der Waals surface area contributed by atoms with Gasteiger partial charge in [-0.1, -0.05) is 12.1 Å². The number of rotatable bonds is 9. The first-order chi connectivity index (χ1) is 19.2. The molecule has 0 aliphatic carbocycles. The van der Waals surface area contributed by atoms with Crippen molar-refractivity contribution in [2.75, 3.05) is 45.2 Å². The van der Waals surface area contributed by atoms with Crippen molar-refractivity contribution < 1.29 is 27.5 Å². The average molecular weight is 700 g/mol. The third-order valence-electron chi connectivity index (χ3n) is 6.33. The summed E-state index contributed by atoms with van der Waals surface area (Å²) in [6.45, 7) is 5.44. The van der Waals surface area contributed by atoms with Crippen molar-refractivity contribution >= 4 is 56.2 Å². The summed E-state index contributed by atoms with van der Waals surface area (Å²) >= 11 is 2.09. The van der Waals surface area contributed by atoms with Gasteiger partial charge in [-0.2, -0.15) is 4.31 Å². The second-order valence-corrected chi connectivity index (χ2v) is 14.0. The van der Waals surface area contributed by atoms with E-state index in [-0.39, 0.29) is 49.9 Å². The Kier molecular flexibility index (Phi) is 11.0. The molecule has 1 aliphatic heterocycles. The maximum absolute atomic E-state index is 13.6. The Labute approximate surface area is 255 Å². The van der Waals surface area contributed by atoms with Crippen LogP contribution in [0.25, 0.3) is 0 Å². The fourth-order valence-electron chi connectivity index (χ4n) is 4.20. The average Bonchev–Trinajstić information content (AvgIpc) is 2.90. The molecule has 0 saturated carbocycles. The van der Waals surface area contributed by atoms with E-state index in [0.717, 1.165) is 14.8 Å². The van der Waals surface area contributed by atoms with Gasteiger partial charge in [0.1, 0.15) is 11.6 Å². The fraction of sp³-hybridized carbons (Fsp3) is 0.464. The molecule has 2 aromatic rings. The summed E-state index contributed by atoms with van der Waals surface area (Å²) in [5.74, 6) is -0.801. The molecular formula is C28H38IN5O6S. The van der Waals surface area contributed by atoms with E-state index in [2.05, 4.69) is 33.2 Å². The van der Waals surface area contributed by atoms with Gasteiger partial charge < -0.3 is 25.2 Å². The Bertz CT molecular complexity index is 1330. The standard InChI is InChI=1S/C28H38IN5O6S/c1-28(2,3)40-27(37)30-15-14-25(35)33-16-17-34(41(38,39)23-12-8-21(29)9-13-23)24(19-33)26(36)31-18-20-6-10-22(11-7-20)32(4)5/h6-13,24H,14-19H2,1-5H3,(H,30,37)(H,31,36). The first-order valence-electron chi connectivity index (χ1n) is 13.2. The van der Waals surface area contributed by atoms with E-state index in [1.54, 1.807) is 32.9 Å². The predicted octanol–water partition coefficient (Wildman–Crippen LogP) is 2.79. The minimum absolute atomic E-state index is 0.0182. The molecular weight excluding hydrogens is 661 g/mol. The molecule has 1 atom stereocenters. The zero-order valence-corrected chi connectivity index (χ0v) is 27.0. The summed E-state index contributed by atoms with van der Waals surface area (Å²) in [5, 5.41) is 5.40. The number of alkyl carbamates (subject to hydrolysis) is 1. The van der Waals surface area contributed by atoms with Gasteiger partial charge >= 0.3 is 6.09 Å². The Morgan fingerprint density at radius 2 is 1.63 bits per heavy atom. The first kappa shape index (κ1) is 32.6. The molecule has 0 aromatic heterocycles. The van der Waals surface area contributed by atoms with Crippen LogP contribution in [0.5, 0.6) is 0 Å². The number of piperazine rings is 1. The normalized spacial score (nSPS) is 16.1. The highest BCUT2D eigenvalue weighted by molar-refractivity contribution is 14.1. The summed E-state index contributed by atoms with van der Waals surface area (Å²) in [7, 11) is -0.146. The van der Waals surface area contributed by atoms with Gasteiger partial charge in [0, 0.05) is 62.5 Å². The minimum atomic E-state index is -4.01. The number of ether oxygens (including phenoxy) is 1. The molecule has 2 aromatic carbocycles. The van der Waals surface area contributed by atoms with Crippen LogP contribution in [-0.4, -0.2) is 87.4 Å². The molecule has 13 heteroatoms. The number of nitrogens with zero attached hydrogens (tertiary/aromatic N) is 3. The van der Waals surface area contributed by atoms with Gasteiger partial charge in [-0.3, -0.25) is 9.59 Å². The van der Waals surface area contributed by atoms with Crippen molar-refractivity contribution in [3.63, 3.8) is 0 Å². The molecule has 3 amide bonds. The molecule has 1 saturated heterocycles. The molecule has 0 bridgehead atoms. The fourth-order valence-corrected chi connectivity index (χ4v) is 6.13. The van der Waals surface area contributed by atoms with Crippen molar-refractivity contribution in [2.24, 2.45) is 0 Å². The highest BCUT2D eigenvalue weighted by Crippen LogP contribution is 2.23. The number of anilines is 1. The van der Waals surface area contributed by atoms with Gasteiger partial charge in [-0.15, -0.1) is 0 Å². The third kappa shape index (κ3) is 9.30. The summed E-state index contributed by atoms with van der Waals surface area (Å²) < 4.78 is 34.4. The van der Waals surface area contributed by atoms with E-state index in [1.165, 1.54) is 21.3 Å². The summed E-state index contributed by atoms with van der Waals surface area (Å²) in [6.07, 6.45) is -0.648. The van der Waals surface area contributed by atoms with Crippen LogP contribution in [0.3, 0.4) is 0 Å². The Morgan fingerprint density at radius 1 is 1.00 bits per heavy atom. The van der Waals surface area contributed by atoms with Gasteiger partial charge in [-0.05, 0) is 85.3 Å². The lowest BCUT2D eigenvalue weighted by atomic mass is 10.1. The number of nitrogens with one attached hydrogen (secondary N) is 2. The SMILES string of the molecule is CN(C)c1ccc(CNC(=O)C2CN(C(=O)CCNC(=O)OC(C)(C)C)CCN2S(=O)(=O)c2ccc(I)cc2)cc1. The number of hydrogen-bond acceptors (Lipinski definition) is 7. The minimum Gasteiger partial charge on any atom is -0.444 e. The second-order valence-electron chi connectivity index (χ2n) is 10.9. The molecule has 3 rings (SSSR count). The lowest BCUT2D eigenvalue weighted by molar-refractivity contribution is -0.136. The molecule has 1 unspecified atom stereocenters. The zero-order chi connectivity index (χ0) is 30.4. The van der Waals surface area contributed by atoms with Crippen LogP contribution < -0.4 is 15.5 Å². The molecule has 0 radical (unpaired) electrons. The molecule has 1 heterocycles. The lowest BCUT2D eigenvalue weighted by Gasteiger charge is -2.39. The van der Waals surface area contributed by atoms with Crippen molar-refractivity contribution in [1.29, 1.82) is 0 Å². The molecule has 11 nitrogen and oxygen atoms in total. The first-order valence-corrected chi connectivity index (χ1v) is 15.8. The summed E-state index contributed by atoms with van der Waals surface area (Å²) in [5.41, 5.74) is 1.20. The van der Waals surface area contributed by atoms with E-state index in [0.29, 0.717) is 0 Å². The van der Waals surface area contributed by atoms with E-state index in [1.807, 2.05) is 43.3 Å². The van der Waals surface area contributed by atoms with Crippen molar-refractivity contribution in [2.45, 2.75) is 50.3 Å². The van der Waals surface area contributed by atoms with E-state index in [9.17, 15) is 22.8 Å². The number of carbonyl (C=O) groups is 3. The van der Waals surface area contributed by atoms with Gasteiger partial charge in [0.05, 0.1) is 4.90 Å². The molecule has 224 valence electrons. The van der Waals surface area contributed by atoms with Crippen LogP contribution in [0.1, 0.15) is 32.8 Å². The van der Waals surface area contributed by atoms with Crippen LogP contribution in [0.4, 0.5) is 10.5 Å². The Morgan fingerprint density at radius 3 is 2.22 bits per heavy atom. The quantitative estimate of drug-likeness (QED) is 0.386. The van der Waals surface area contributed by atoms with Crippen molar-refractivity contribution in [3.8, 4) is 0 Å². The Balaban J connectivity index is 1.73. The number of amides is 3. The summed E-state index contributed by atoms with van der Waals surface area (Å²) in [6, 6.07) is 12.9. The maximum Gasteiger partial charge on any atom is 0.407 e. The predicted molar refractivity (Wildman–Crippen MR) is 165 cm³/mol. The highest BCUT2D eigenvalue weighted by atomic mass is 127. The van der Waals surface area contributed by atoms with Gasteiger partial charge in [0.25, 0.3) is 0 Å². The van der Waals surface area contributed by atoms with E-state index in [4.69, 9.17) is 4.74 Å². The van der Waals surface area contributed by atoms with Crippen LogP contribution in [0.2, 0.25) is 0 Å². The van der Waals surface area contributed by atoms with Gasteiger partial charge in [-0.25, -0.2) is 13.2 Å². The number of sulfonamides is 1. The molecule has 41 heavy (non-hydrogen) atoms. The molecule has 0 spiro atoms. The second kappa shape index (κ2) is 13.8. The third-order valence-corrected chi connectivity index (χ3v) is 8.97. The van der Waals surface area contributed by atoms with Crippen LogP contribution in [0, 0.1) is 3.57 Å². The van der Waals surface area contributed by atoms with Gasteiger partial charge in [0.2, 0.25) is 21.8 Å². The molecule has 1 aliphatic rings. The van der Waals surface area contributed by atoms with Gasteiger partial charge in [0.15, 0.2) is 0 Å². The maximum atomic E-state index is 13.6. The number of carbonyl (C=O) groups excluding carboxylic acids is 3. The van der Waals surface area contributed by atoms with Crippen LogP contribution in [0.15, 0.2) is 53.4 Å². The zero-order valence-electron chi connectivity index (χ0n) is 24.0. The van der Waals surface area contributed by atoms with Crippen LogP contribution in [-0.2, 0) is 30.9 Å². The van der Waals surface area contributed by atoms with E-state index < -0.39 is 33.7 Å².